The molecule has 1 unspecified atom stereocenters. The molecule has 3 nitrogen and oxygen atoms in total. The fourth-order valence-corrected chi connectivity index (χ4v) is 3.63. The van der Waals surface area contributed by atoms with Crippen molar-refractivity contribution in [3.05, 3.63) is 30.3 Å². The van der Waals surface area contributed by atoms with E-state index in [4.69, 9.17) is 13.6 Å². The molecule has 0 fully saturated rings. The molecule has 0 aliphatic heterocycles. The molecule has 0 spiro atoms. The van der Waals surface area contributed by atoms with Crippen LogP contribution in [0.15, 0.2) is 30.3 Å². The molecular formula is C21H37O3P. The highest BCUT2D eigenvalue weighted by Crippen LogP contribution is 2.40. The molecule has 0 bridgehead atoms. The highest BCUT2D eigenvalue weighted by Gasteiger charge is 2.13. The molecule has 0 aliphatic carbocycles. The van der Waals surface area contributed by atoms with Gasteiger partial charge in [0.25, 0.3) is 0 Å². The quantitative estimate of drug-likeness (QED) is 0.209. The van der Waals surface area contributed by atoms with Crippen LogP contribution in [0.1, 0.15) is 84.5 Å². The highest BCUT2D eigenvalue weighted by atomic mass is 31.2. The lowest BCUT2D eigenvalue weighted by Gasteiger charge is -2.16. The minimum atomic E-state index is -1.27. The summed E-state index contributed by atoms with van der Waals surface area (Å²) in [4.78, 5) is 0. The van der Waals surface area contributed by atoms with E-state index in [1.807, 2.05) is 37.3 Å². The van der Waals surface area contributed by atoms with E-state index in [2.05, 4.69) is 6.92 Å². The Bertz CT molecular complexity index is 386. The van der Waals surface area contributed by atoms with Crippen molar-refractivity contribution in [2.24, 2.45) is 0 Å². The number of para-hydroxylation sites is 1. The molecule has 25 heavy (non-hydrogen) atoms. The largest absolute Gasteiger partial charge is 0.427 e. The van der Waals surface area contributed by atoms with Crippen molar-refractivity contribution in [3.8, 4) is 5.75 Å². The third-order valence-corrected chi connectivity index (χ3v) is 5.32. The molecule has 0 saturated carbocycles. The minimum Gasteiger partial charge on any atom is -0.427 e. The molecule has 144 valence electrons. The SMILES string of the molecule is CCCCCCCCCCCCCOP(OCC)Oc1ccccc1. The van der Waals surface area contributed by atoms with Crippen LogP contribution in [0, 0.1) is 0 Å². The van der Waals surface area contributed by atoms with Crippen molar-refractivity contribution in [1.82, 2.24) is 0 Å². The molecule has 0 N–H and O–H groups in total. The van der Waals surface area contributed by atoms with Crippen LogP contribution in [0.2, 0.25) is 0 Å². The van der Waals surface area contributed by atoms with Gasteiger partial charge in [-0.1, -0.05) is 89.3 Å². The number of hydrogen-bond acceptors (Lipinski definition) is 3. The molecule has 0 aliphatic rings. The Kier molecular flexibility index (Phi) is 15.1. The average molecular weight is 368 g/mol. The fraction of sp³-hybridized carbons (Fsp3) is 0.714. The number of unbranched alkanes of at least 4 members (excludes halogenated alkanes) is 10. The van der Waals surface area contributed by atoms with Gasteiger partial charge in [-0.05, 0) is 25.5 Å². The maximum atomic E-state index is 5.79. The molecule has 4 heteroatoms. The highest BCUT2D eigenvalue weighted by molar-refractivity contribution is 7.42. The van der Waals surface area contributed by atoms with Crippen LogP contribution >= 0.6 is 8.60 Å². The van der Waals surface area contributed by atoms with E-state index in [9.17, 15) is 0 Å². The van der Waals surface area contributed by atoms with Crippen LogP contribution in [0.3, 0.4) is 0 Å². The van der Waals surface area contributed by atoms with Crippen LogP contribution in [0.25, 0.3) is 0 Å². The maximum Gasteiger partial charge on any atom is 0.397 e. The molecule has 0 aromatic heterocycles. The second kappa shape index (κ2) is 16.8. The predicted molar refractivity (Wildman–Crippen MR) is 108 cm³/mol. The van der Waals surface area contributed by atoms with Crippen LogP contribution in [0.4, 0.5) is 0 Å². The van der Waals surface area contributed by atoms with E-state index < -0.39 is 8.60 Å². The Balaban J connectivity index is 1.96. The predicted octanol–water partition coefficient (Wildman–Crippen LogP) is 7.66. The Morgan fingerprint density at radius 2 is 1.24 bits per heavy atom. The Labute approximate surface area is 156 Å². The summed E-state index contributed by atoms with van der Waals surface area (Å²) in [5, 5.41) is 0. The lowest BCUT2D eigenvalue weighted by molar-refractivity contribution is 0.209. The van der Waals surface area contributed by atoms with Crippen LogP contribution < -0.4 is 4.52 Å². The normalized spacial score (nSPS) is 12.2. The van der Waals surface area contributed by atoms with Crippen LogP contribution in [0.5, 0.6) is 5.75 Å². The van der Waals surface area contributed by atoms with Gasteiger partial charge in [-0.2, -0.15) is 0 Å². The first kappa shape index (κ1) is 22.4. The molecule has 0 amide bonds. The van der Waals surface area contributed by atoms with E-state index in [1.165, 1.54) is 64.2 Å². The summed E-state index contributed by atoms with van der Waals surface area (Å²) in [7, 11) is -1.27. The number of rotatable bonds is 17. The molecular weight excluding hydrogens is 331 g/mol. The van der Waals surface area contributed by atoms with Crippen molar-refractivity contribution in [2.75, 3.05) is 13.2 Å². The first-order valence-corrected chi connectivity index (χ1v) is 11.2. The number of benzene rings is 1. The number of hydrogen-bond donors (Lipinski definition) is 0. The van der Waals surface area contributed by atoms with Crippen molar-refractivity contribution in [1.29, 1.82) is 0 Å². The molecule has 1 aromatic carbocycles. The Morgan fingerprint density at radius 1 is 0.680 bits per heavy atom. The molecule has 0 radical (unpaired) electrons. The Morgan fingerprint density at radius 3 is 1.80 bits per heavy atom. The van der Waals surface area contributed by atoms with E-state index >= 15 is 0 Å². The monoisotopic (exact) mass is 368 g/mol. The zero-order valence-corrected chi connectivity index (χ0v) is 17.1. The standard InChI is InChI=1S/C21H37O3P/c1-3-5-6-7-8-9-10-11-12-13-17-20-23-25(22-4-2)24-21-18-15-14-16-19-21/h14-16,18-19H,3-13,17,20H2,1-2H3. The van der Waals surface area contributed by atoms with Gasteiger partial charge >= 0.3 is 8.60 Å². The van der Waals surface area contributed by atoms with Gasteiger partial charge in [0.15, 0.2) is 0 Å². The molecule has 0 saturated heterocycles. The molecule has 1 atom stereocenters. The summed E-state index contributed by atoms with van der Waals surface area (Å²) >= 11 is 0. The topological polar surface area (TPSA) is 27.7 Å². The lowest BCUT2D eigenvalue weighted by atomic mass is 10.1. The van der Waals surface area contributed by atoms with Crippen LogP contribution in [-0.4, -0.2) is 13.2 Å². The van der Waals surface area contributed by atoms with Gasteiger partial charge < -0.3 is 13.6 Å². The van der Waals surface area contributed by atoms with E-state index in [0.717, 1.165) is 18.8 Å². The van der Waals surface area contributed by atoms with Crippen molar-refractivity contribution < 1.29 is 13.6 Å². The first-order chi connectivity index (χ1) is 12.4. The van der Waals surface area contributed by atoms with Gasteiger partial charge in [0.05, 0.1) is 13.2 Å². The summed E-state index contributed by atoms with van der Waals surface area (Å²) in [6.45, 7) is 5.57. The third kappa shape index (κ3) is 13.3. The smallest absolute Gasteiger partial charge is 0.397 e. The summed E-state index contributed by atoms with van der Waals surface area (Å²) in [6.07, 6.45) is 14.8. The third-order valence-electron chi connectivity index (χ3n) is 4.10. The second-order valence-electron chi connectivity index (χ2n) is 6.41. The van der Waals surface area contributed by atoms with Crippen LogP contribution in [-0.2, 0) is 9.05 Å². The Hall–Kier alpha value is -0.630. The van der Waals surface area contributed by atoms with Gasteiger partial charge in [-0.3, -0.25) is 0 Å². The zero-order chi connectivity index (χ0) is 18.0. The fourth-order valence-electron chi connectivity index (χ4n) is 2.67. The van der Waals surface area contributed by atoms with Gasteiger partial charge in [0, 0.05) is 0 Å². The van der Waals surface area contributed by atoms with Crippen molar-refractivity contribution in [2.45, 2.75) is 84.5 Å². The lowest BCUT2D eigenvalue weighted by Crippen LogP contribution is -1.99. The summed E-state index contributed by atoms with van der Waals surface area (Å²) in [6, 6.07) is 9.75. The average Bonchev–Trinajstić information content (AvgIpc) is 2.63. The minimum absolute atomic E-state index is 0.608. The molecule has 1 aromatic rings. The van der Waals surface area contributed by atoms with Gasteiger partial charge in [0.2, 0.25) is 0 Å². The van der Waals surface area contributed by atoms with Crippen molar-refractivity contribution in [3.63, 3.8) is 0 Å². The van der Waals surface area contributed by atoms with Gasteiger partial charge in [0.1, 0.15) is 5.75 Å². The molecule has 1 rings (SSSR count). The van der Waals surface area contributed by atoms with E-state index in [1.54, 1.807) is 0 Å². The maximum absolute atomic E-state index is 5.79. The van der Waals surface area contributed by atoms with E-state index in [-0.39, 0.29) is 0 Å². The van der Waals surface area contributed by atoms with Crippen molar-refractivity contribution >= 4 is 8.60 Å². The summed E-state index contributed by atoms with van der Waals surface area (Å²) in [5.41, 5.74) is 0. The summed E-state index contributed by atoms with van der Waals surface area (Å²) < 4.78 is 17.1. The molecule has 0 heterocycles. The summed E-state index contributed by atoms with van der Waals surface area (Å²) in [5.74, 6) is 0.806. The zero-order valence-electron chi connectivity index (χ0n) is 16.3. The first-order valence-electron chi connectivity index (χ1n) is 10.2. The second-order valence-corrected chi connectivity index (χ2v) is 7.56. The van der Waals surface area contributed by atoms with Gasteiger partial charge in [-0.15, -0.1) is 0 Å². The van der Waals surface area contributed by atoms with E-state index in [0.29, 0.717) is 6.61 Å². The van der Waals surface area contributed by atoms with Gasteiger partial charge in [-0.25, -0.2) is 0 Å².